The maximum absolute atomic E-state index is 13.0. The number of amides is 1. The molecule has 1 amide bonds. The van der Waals surface area contributed by atoms with Crippen LogP contribution in [0, 0.1) is 0 Å². The number of rotatable bonds is 3. The Kier molecular flexibility index (Phi) is 4.34. The van der Waals surface area contributed by atoms with Crippen molar-refractivity contribution in [2.45, 2.75) is 12.6 Å². The van der Waals surface area contributed by atoms with Gasteiger partial charge in [0.1, 0.15) is 18.1 Å². The first-order chi connectivity index (χ1) is 11.1. The van der Waals surface area contributed by atoms with E-state index >= 15 is 0 Å². The lowest BCUT2D eigenvalue weighted by molar-refractivity contribution is 0.0572. The van der Waals surface area contributed by atoms with Crippen molar-refractivity contribution in [3.63, 3.8) is 0 Å². The van der Waals surface area contributed by atoms with Crippen LogP contribution in [0.4, 0.5) is 0 Å². The molecule has 0 spiro atoms. The van der Waals surface area contributed by atoms with Gasteiger partial charge in [-0.05, 0) is 26.2 Å². The highest BCUT2D eigenvalue weighted by Crippen LogP contribution is 2.26. The van der Waals surface area contributed by atoms with Crippen LogP contribution in [0.2, 0.25) is 0 Å². The van der Waals surface area contributed by atoms with Gasteiger partial charge in [0.15, 0.2) is 0 Å². The maximum atomic E-state index is 13.0. The van der Waals surface area contributed by atoms with E-state index in [1.54, 1.807) is 24.0 Å². The zero-order valence-electron chi connectivity index (χ0n) is 13.8. The van der Waals surface area contributed by atoms with Gasteiger partial charge in [0.25, 0.3) is 5.91 Å². The van der Waals surface area contributed by atoms with E-state index in [0.717, 1.165) is 17.9 Å². The molecule has 1 aromatic heterocycles. The minimum absolute atomic E-state index is 0.0141. The second-order valence-corrected chi connectivity index (χ2v) is 6.11. The molecule has 0 bridgehead atoms. The maximum Gasteiger partial charge on any atom is 0.272 e. The summed E-state index contributed by atoms with van der Waals surface area (Å²) in [5.74, 6) is 0.841. The summed E-state index contributed by atoms with van der Waals surface area (Å²) >= 11 is 0. The Bertz CT molecular complexity index is 695. The molecule has 0 fully saturated rings. The number of para-hydroxylation sites is 1. The first kappa shape index (κ1) is 15.6. The lowest BCUT2D eigenvalue weighted by Crippen LogP contribution is -2.47. The minimum atomic E-state index is -0.0165. The van der Waals surface area contributed by atoms with E-state index in [-0.39, 0.29) is 11.9 Å². The smallest absolute Gasteiger partial charge is 0.272 e. The van der Waals surface area contributed by atoms with Crippen LogP contribution in [-0.2, 0) is 13.6 Å². The summed E-state index contributed by atoms with van der Waals surface area (Å²) in [5.41, 5.74) is 1.62. The van der Waals surface area contributed by atoms with Gasteiger partial charge >= 0.3 is 0 Å². The standard InChI is InChI=1S/C17H22N4O2/c1-19(2)11-14-12-23-16-7-5-4-6-13(16)10-21(14)17(22)15-8-9-18-20(15)3/h4-9,14H,10-12H2,1-3H3/t14-/m0/s1. The predicted octanol–water partition coefficient (Wildman–Crippen LogP) is 1.39. The second-order valence-electron chi connectivity index (χ2n) is 6.11. The van der Waals surface area contributed by atoms with Gasteiger partial charge in [-0.15, -0.1) is 0 Å². The number of carbonyl (C=O) groups excluding carboxylic acids is 1. The summed E-state index contributed by atoms with van der Waals surface area (Å²) in [6.45, 7) is 1.77. The van der Waals surface area contributed by atoms with E-state index in [0.29, 0.717) is 18.8 Å². The van der Waals surface area contributed by atoms with Gasteiger partial charge in [0, 0.05) is 25.4 Å². The largest absolute Gasteiger partial charge is 0.491 e. The highest BCUT2D eigenvalue weighted by molar-refractivity contribution is 5.92. The van der Waals surface area contributed by atoms with Crippen LogP contribution in [0.25, 0.3) is 0 Å². The van der Waals surface area contributed by atoms with Crippen molar-refractivity contribution in [2.24, 2.45) is 7.05 Å². The van der Waals surface area contributed by atoms with Crippen molar-refractivity contribution in [1.29, 1.82) is 0 Å². The van der Waals surface area contributed by atoms with Crippen molar-refractivity contribution in [3.8, 4) is 5.75 Å². The lowest BCUT2D eigenvalue weighted by atomic mass is 10.1. The molecule has 1 aliphatic heterocycles. The third-order valence-electron chi connectivity index (χ3n) is 4.06. The van der Waals surface area contributed by atoms with Gasteiger partial charge in [0.2, 0.25) is 0 Å². The lowest BCUT2D eigenvalue weighted by Gasteiger charge is -2.31. The van der Waals surface area contributed by atoms with Crippen LogP contribution in [0.3, 0.4) is 0 Å². The van der Waals surface area contributed by atoms with Crippen LogP contribution in [-0.4, -0.2) is 58.8 Å². The number of fused-ring (bicyclic) bond motifs is 1. The Hall–Kier alpha value is -2.34. The fraction of sp³-hybridized carbons (Fsp3) is 0.412. The number of carbonyl (C=O) groups is 1. The molecule has 2 aromatic rings. The monoisotopic (exact) mass is 314 g/mol. The van der Waals surface area contributed by atoms with Crippen LogP contribution >= 0.6 is 0 Å². The third-order valence-corrected chi connectivity index (χ3v) is 4.06. The Morgan fingerprint density at radius 2 is 2.13 bits per heavy atom. The summed E-state index contributed by atoms with van der Waals surface area (Å²) in [6, 6.07) is 9.64. The molecular weight excluding hydrogens is 292 g/mol. The van der Waals surface area contributed by atoms with Crippen LogP contribution in [0.1, 0.15) is 16.1 Å². The van der Waals surface area contributed by atoms with Gasteiger partial charge in [-0.2, -0.15) is 5.10 Å². The van der Waals surface area contributed by atoms with Gasteiger partial charge in [-0.25, -0.2) is 0 Å². The molecule has 2 heterocycles. The number of hydrogen-bond donors (Lipinski definition) is 0. The van der Waals surface area contributed by atoms with E-state index in [2.05, 4.69) is 10.00 Å². The van der Waals surface area contributed by atoms with E-state index in [1.807, 2.05) is 43.3 Å². The Balaban J connectivity index is 1.94. The van der Waals surface area contributed by atoms with Crippen molar-refractivity contribution >= 4 is 5.91 Å². The first-order valence-electron chi connectivity index (χ1n) is 7.70. The van der Waals surface area contributed by atoms with Crippen molar-refractivity contribution < 1.29 is 9.53 Å². The second kappa shape index (κ2) is 6.42. The molecule has 1 atom stereocenters. The van der Waals surface area contributed by atoms with Crippen LogP contribution in [0.5, 0.6) is 5.75 Å². The number of likely N-dealkylation sites (N-methyl/N-ethyl adjacent to an activating group) is 1. The number of nitrogens with zero attached hydrogens (tertiary/aromatic N) is 4. The van der Waals surface area contributed by atoms with Gasteiger partial charge in [-0.3, -0.25) is 9.48 Å². The van der Waals surface area contributed by atoms with Gasteiger partial charge in [-0.1, -0.05) is 18.2 Å². The molecule has 0 N–H and O–H groups in total. The summed E-state index contributed by atoms with van der Waals surface area (Å²) in [5, 5.41) is 4.11. The quantitative estimate of drug-likeness (QED) is 0.859. The summed E-state index contributed by atoms with van der Waals surface area (Å²) in [7, 11) is 5.80. The Morgan fingerprint density at radius 3 is 2.83 bits per heavy atom. The summed E-state index contributed by atoms with van der Waals surface area (Å²) in [6.07, 6.45) is 1.65. The number of aryl methyl sites for hydroxylation is 1. The zero-order chi connectivity index (χ0) is 16.4. The third kappa shape index (κ3) is 3.22. The SMILES string of the molecule is CN(C)C[C@H]1COc2ccccc2CN1C(=O)c1ccnn1C. The Labute approximate surface area is 136 Å². The van der Waals surface area contributed by atoms with E-state index < -0.39 is 0 Å². The fourth-order valence-electron chi connectivity index (χ4n) is 2.91. The van der Waals surface area contributed by atoms with E-state index in [4.69, 9.17) is 4.74 Å². The molecule has 0 saturated heterocycles. The number of hydrogen-bond acceptors (Lipinski definition) is 4. The summed E-state index contributed by atoms with van der Waals surface area (Å²) < 4.78 is 7.56. The molecule has 6 heteroatoms. The molecule has 1 aliphatic rings. The number of benzene rings is 1. The molecule has 23 heavy (non-hydrogen) atoms. The predicted molar refractivity (Wildman–Crippen MR) is 87.4 cm³/mol. The average molecular weight is 314 g/mol. The van der Waals surface area contributed by atoms with E-state index in [1.165, 1.54) is 0 Å². The topological polar surface area (TPSA) is 50.6 Å². The first-order valence-corrected chi connectivity index (χ1v) is 7.70. The normalized spacial score (nSPS) is 17.6. The molecule has 0 radical (unpaired) electrons. The molecule has 0 saturated carbocycles. The number of aromatic nitrogens is 2. The number of ether oxygens (including phenoxy) is 1. The van der Waals surface area contributed by atoms with Crippen molar-refractivity contribution in [1.82, 2.24) is 19.6 Å². The van der Waals surface area contributed by atoms with E-state index in [9.17, 15) is 4.79 Å². The molecule has 0 unspecified atom stereocenters. The molecule has 0 aliphatic carbocycles. The molecule has 6 nitrogen and oxygen atoms in total. The fourth-order valence-corrected chi connectivity index (χ4v) is 2.91. The zero-order valence-corrected chi connectivity index (χ0v) is 13.8. The highest BCUT2D eigenvalue weighted by Gasteiger charge is 2.30. The molecule has 122 valence electrons. The van der Waals surface area contributed by atoms with Crippen LogP contribution in [0.15, 0.2) is 36.5 Å². The summed E-state index contributed by atoms with van der Waals surface area (Å²) in [4.78, 5) is 17.0. The molecular formula is C17H22N4O2. The van der Waals surface area contributed by atoms with Crippen molar-refractivity contribution in [2.75, 3.05) is 27.2 Å². The molecule has 3 rings (SSSR count). The van der Waals surface area contributed by atoms with Gasteiger partial charge in [0.05, 0.1) is 12.6 Å². The minimum Gasteiger partial charge on any atom is -0.491 e. The van der Waals surface area contributed by atoms with Crippen molar-refractivity contribution in [3.05, 3.63) is 47.8 Å². The van der Waals surface area contributed by atoms with Gasteiger partial charge < -0.3 is 14.5 Å². The average Bonchev–Trinajstić information content (AvgIpc) is 2.86. The Morgan fingerprint density at radius 1 is 1.35 bits per heavy atom. The van der Waals surface area contributed by atoms with Crippen LogP contribution < -0.4 is 4.74 Å². The highest BCUT2D eigenvalue weighted by atomic mass is 16.5. The molecule has 1 aromatic carbocycles.